The Kier molecular flexibility index (Phi) is 2.24. The molecule has 0 fully saturated rings. The smallest absolute Gasteiger partial charge is 0.169 e. The van der Waals surface area contributed by atoms with E-state index in [0.29, 0.717) is 5.58 Å². The molecule has 3 heterocycles. The van der Waals surface area contributed by atoms with Gasteiger partial charge in [0.1, 0.15) is 0 Å². The molecule has 1 aliphatic rings. The summed E-state index contributed by atoms with van der Waals surface area (Å²) in [5.41, 5.74) is 2.61. The molecule has 0 spiro atoms. The van der Waals surface area contributed by atoms with E-state index in [0.717, 1.165) is 30.3 Å². The van der Waals surface area contributed by atoms with E-state index in [1.54, 1.807) is 12.3 Å². The number of aromatic nitrogens is 2. The van der Waals surface area contributed by atoms with Crippen LogP contribution in [0.1, 0.15) is 30.0 Å². The quantitative estimate of drug-likeness (QED) is 0.664. The zero-order valence-electron chi connectivity index (χ0n) is 10.3. The molecule has 0 N–H and O–H groups in total. The number of para-hydroxylation sites is 1. The van der Waals surface area contributed by atoms with Crippen molar-refractivity contribution in [3.8, 4) is 0 Å². The van der Waals surface area contributed by atoms with Crippen molar-refractivity contribution in [2.75, 3.05) is 0 Å². The first-order valence-electron chi connectivity index (χ1n) is 6.50. The van der Waals surface area contributed by atoms with E-state index >= 15 is 0 Å². The van der Waals surface area contributed by atoms with Crippen LogP contribution in [-0.2, 0) is 6.54 Å². The molecule has 3 aromatic rings. The summed E-state index contributed by atoms with van der Waals surface area (Å²) in [7, 11) is 0. The third-order valence-electron chi connectivity index (χ3n) is 3.95. The molecule has 1 unspecified atom stereocenters. The summed E-state index contributed by atoms with van der Waals surface area (Å²) >= 11 is 0. The van der Waals surface area contributed by atoms with Gasteiger partial charge in [-0.2, -0.15) is 0 Å². The first kappa shape index (κ1) is 10.8. The molecule has 4 rings (SSSR count). The van der Waals surface area contributed by atoms with Gasteiger partial charge in [-0.1, -0.05) is 12.1 Å². The molecule has 0 amide bonds. The number of hydrogen-bond acceptors (Lipinski definition) is 2. The van der Waals surface area contributed by atoms with E-state index in [4.69, 9.17) is 4.42 Å². The van der Waals surface area contributed by atoms with Crippen molar-refractivity contribution in [1.82, 2.24) is 9.55 Å². The van der Waals surface area contributed by atoms with Crippen LogP contribution in [0.5, 0.6) is 0 Å². The minimum atomic E-state index is -0.298. The highest BCUT2D eigenvalue weighted by molar-refractivity contribution is 5.82. The molecule has 3 nitrogen and oxygen atoms in total. The van der Waals surface area contributed by atoms with E-state index in [1.165, 1.54) is 11.8 Å². The van der Waals surface area contributed by atoms with Crippen LogP contribution in [0.15, 0.2) is 41.4 Å². The first-order valence-corrected chi connectivity index (χ1v) is 6.50. The average molecular weight is 256 g/mol. The Bertz CT molecular complexity index is 744. The fourth-order valence-corrected chi connectivity index (χ4v) is 3.05. The highest BCUT2D eigenvalue weighted by atomic mass is 19.1. The molecule has 1 atom stereocenters. The third kappa shape index (κ3) is 1.52. The van der Waals surface area contributed by atoms with Gasteiger partial charge >= 0.3 is 0 Å². The van der Waals surface area contributed by atoms with Gasteiger partial charge in [-0.05, 0) is 18.9 Å². The van der Waals surface area contributed by atoms with Crippen LogP contribution < -0.4 is 0 Å². The van der Waals surface area contributed by atoms with Crippen molar-refractivity contribution in [3.05, 3.63) is 54.1 Å². The minimum Gasteiger partial charge on any atom is -0.461 e. The van der Waals surface area contributed by atoms with Gasteiger partial charge in [0.05, 0.1) is 12.6 Å². The number of aryl methyl sites for hydroxylation is 1. The average Bonchev–Trinajstić information content (AvgIpc) is 3.05. The fraction of sp³-hybridized carbons (Fsp3) is 0.267. The van der Waals surface area contributed by atoms with Crippen LogP contribution in [0.25, 0.3) is 11.0 Å². The second-order valence-corrected chi connectivity index (χ2v) is 5.01. The first-order chi connectivity index (χ1) is 9.34. The Morgan fingerprint density at radius 2 is 2.32 bits per heavy atom. The van der Waals surface area contributed by atoms with Crippen LogP contribution in [0.3, 0.4) is 0 Å². The Labute approximate surface area is 109 Å². The van der Waals surface area contributed by atoms with E-state index in [2.05, 4.69) is 9.55 Å². The van der Waals surface area contributed by atoms with Crippen molar-refractivity contribution in [3.63, 3.8) is 0 Å². The van der Waals surface area contributed by atoms with Gasteiger partial charge in [0.15, 0.2) is 11.4 Å². The van der Waals surface area contributed by atoms with Crippen molar-refractivity contribution in [2.24, 2.45) is 0 Å². The monoisotopic (exact) mass is 256 g/mol. The van der Waals surface area contributed by atoms with Crippen LogP contribution in [0.4, 0.5) is 4.39 Å². The highest BCUT2D eigenvalue weighted by Crippen LogP contribution is 2.38. The molecule has 1 aliphatic heterocycles. The third-order valence-corrected chi connectivity index (χ3v) is 3.95. The van der Waals surface area contributed by atoms with Crippen molar-refractivity contribution in [1.29, 1.82) is 0 Å². The molecule has 0 saturated carbocycles. The molecule has 19 heavy (non-hydrogen) atoms. The fourth-order valence-electron chi connectivity index (χ4n) is 3.05. The Hall–Kier alpha value is -2.10. The summed E-state index contributed by atoms with van der Waals surface area (Å²) < 4.78 is 21.3. The molecular formula is C15H13FN2O. The number of imidazole rings is 1. The predicted octanol–water partition coefficient (Wildman–Crippen LogP) is 3.69. The lowest BCUT2D eigenvalue weighted by Crippen LogP contribution is -2.15. The van der Waals surface area contributed by atoms with Gasteiger partial charge in [-0.3, -0.25) is 0 Å². The van der Waals surface area contributed by atoms with Crippen LogP contribution in [0, 0.1) is 5.82 Å². The molecule has 96 valence electrons. The minimum absolute atomic E-state index is 0.249. The van der Waals surface area contributed by atoms with Crippen molar-refractivity contribution >= 4 is 11.0 Å². The number of rotatable bonds is 1. The Morgan fingerprint density at radius 1 is 1.37 bits per heavy atom. The predicted molar refractivity (Wildman–Crippen MR) is 69.5 cm³/mol. The molecular weight excluding hydrogens is 243 g/mol. The summed E-state index contributed by atoms with van der Waals surface area (Å²) in [6.45, 7) is 1.01. The summed E-state index contributed by atoms with van der Waals surface area (Å²) in [6.07, 6.45) is 7.63. The van der Waals surface area contributed by atoms with E-state index in [9.17, 15) is 4.39 Å². The maximum absolute atomic E-state index is 13.7. The zero-order valence-corrected chi connectivity index (χ0v) is 10.3. The summed E-state index contributed by atoms with van der Waals surface area (Å²) in [4.78, 5) is 4.22. The molecule has 0 saturated heterocycles. The lowest BCUT2D eigenvalue weighted by Gasteiger charge is -2.23. The summed E-state index contributed by atoms with van der Waals surface area (Å²) in [6, 6.07) is 5.09. The van der Waals surface area contributed by atoms with Crippen LogP contribution >= 0.6 is 0 Å². The topological polar surface area (TPSA) is 31.0 Å². The molecule has 1 aromatic carbocycles. The van der Waals surface area contributed by atoms with Gasteiger partial charge < -0.3 is 8.98 Å². The number of halogens is 1. The number of hydrogen-bond donors (Lipinski definition) is 0. The van der Waals surface area contributed by atoms with Crippen molar-refractivity contribution < 1.29 is 8.81 Å². The van der Waals surface area contributed by atoms with Gasteiger partial charge in [-0.15, -0.1) is 0 Å². The van der Waals surface area contributed by atoms with Gasteiger partial charge in [-0.25, -0.2) is 9.37 Å². The van der Waals surface area contributed by atoms with Crippen LogP contribution in [0.2, 0.25) is 0 Å². The number of furan rings is 1. The normalized spacial score (nSPS) is 18.7. The Balaban J connectivity index is 1.91. The maximum atomic E-state index is 13.7. The van der Waals surface area contributed by atoms with Crippen LogP contribution in [-0.4, -0.2) is 9.55 Å². The molecule has 0 radical (unpaired) electrons. The zero-order chi connectivity index (χ0) is 12.8. The number of nitrogens with zero attached hydrogens (tertiary/aromatic N) is 2. The largest absolute Gasteiger partial charge is 0.461 e. The highest BCUT2D eigenvalue weighted by Gasteiger charge is 2.25. The maximum Gasteiger partial charge on any atom is 0.169 e. The standard InChI is InChI=1S/C15H13FN2O/c16-13-5-1-3-11-12(8-19-15(11)13)10-4-2-6-18-9-17-7-14(10)18/h1,3,5,7-10H,2,4,6H2. The SMILES string of the molecule is Fc1cccc2c(C3CCCn4cncc43)coc12. The second kappa shape index (κ2) is 3.95. The summed E-state index contributed by atoms with van der Waals surface area (Å²) in [5.74, 6) is -0.0487. The van der Waals surface area contributed by atoms with E-state index < -0.39 is 0 Å². The lowest BCUT2D eigenvalue weighted by molar-refractivity contribution is 0.487. The van der Waals surface area contributed by atoms with Crippen molar-refractivity contribution in [2.45, 2.75) is 25.3 Å². The number of fused-ring (bicyclic) bond motifs is 2. The van der Waals surface area contributed by atoms with E-state index in [1.807, 2.05) is 18.6 Å². The molecule has 2 aromatic heterocycles. The van der Waals surface area contributed by atoms with Gasteiger partial charge in [0.2, 0.25) is 0 Å². The molecule has 0 bridgehead atoms. The lowest BCUT2D eigenvalue weighted by atomic mass is 9.89. The van der Waals surface area contributed by atoms with E-state index in [-0.39, 0.29) is 11.7 Å². The summed E-state index contributed by atoms with van der Waals surface area (Å²) in [5, 5.41) is 0.875. The number of benzene rings is 1. The molecule has 0 aliphatic carbocycles. The molecule has 4 heteroatoms. The second-order valence-electron chi connectivity index (χ2n) is 5.01. The van der Waals surface area contributed by atoms with Gasteiger partial charge in [0, 0.05) is 35.3 Å². The Morgan fingerprint density at radius 3 is 3.26 bits per heavy atom. The van der Waals surface area contributed by atoms with Gasteiger partial charge in [0.25, 0.3) is 0 Å².